The molecule has 3 heterocycles. The van der Waals surface area contributed by atoms with E-state index in [1.54, 1.807) is 0 Å². The molecule has 1 fully saturated rings. The first-order valence-corrected chi connectivity index (χ1v) is 10.3. The minimum atomic E-state index is -2.69. The molecule has 4 rings (SSSR count). The lowest BCUT2D eigenvalue weighted by Gasteiger charge is -2.06. The molecule has 29 heavy (non-hydrogen) atoms. The molecule has 1 saturated carbocycles. The van der Waals surface area contributed by atoms with Crippen molar-refractivity contribution in [1.29, 1.82) is 0 Å². The second kappa shape index (κ2) is 7.81. The number of aryl methyl sites for hydroxylation is 2. The predicted molar refractivity (Wildman–Crippen MR) is 106 cm³/mol. The smallest absolute Gasteiger partial charge is 0.280 e. The third-order valence-electron chi connectivity index (χ3n) is 5.05. The summed E-state index contributed by atoms with van der Waals surface area (Å²) >= 11 is 3.49. The van der Waals surface area contributed by atoms with E-state index in [2.05, 4.69) is 36.4 Å². The Hall–Kier alpha value is -2.36. The van der Waals surface area contributed by atoms with Crippen LogP contribution in [0.25, 0.3) is 5.65 Å². The van der Waals surface area contributed by atoms with Gasteiger partial charge in [0, 0.05) is 36.5 Å². The van der Waals surface area contributed by atoms with Crippen LogP contribution in [0.2, 0.25) is 0 Å². The van der Waals surface area contributed by atoms with E-state index in [-0.39, 0.29) is 23.0 Å². The molecule has 3 aromatic rings. The van der Waals surface area contributed by atoms with Crippen molar-refractivity contribution < 1.29 is 13.6 Å². The third-order valence-corrected chi connectivity index (χ3v) is 6.20. The number of carbonyl (C=O) groups excluding carboxylic acids is 1. The molecule has 0 atom stereocenters. The molecule has 1 aliphatic rings. The van der Waals surface area contributed by atoms with E-state index >= 15 is 0 Å². The Balaban J connectivity index is 1.43. The Labute approximate surface area is 174 Å². The maximum absolute atomic E-state index is 13.4. The van der Waals surface area contributed by atoms with E-state index in [0.717, 1.165) is 33.2 Å². The minimum Gasteiger partial charge on any atom is -0.351 e. The molecule has 0 bridgehead atoms. The van der Waals surface area contributed by atoms with Gasteiger partial charge in [0.25, 0.3) is 12.3 Å². The molecule has 7 nitrogen and oxygen atoms in total. The van der Waals surface area contributed by atoms with Crippen molar-refractivity contribution in [1.82, 2.24) is 29.7 Å². The first kappa shape index (κ1) is 19.9. The Morgan fingerprint density at radius 1 is 1.31 bits per heavy atom. The van der Waals surface area contributed by atoms with Crippen molar-refractivity contribution in [3.05, 3.63) is 45.1 Å². The van der Waals surface area contributed by atoms with Gasteiger partial charge in [-0.1, -0.05) is 0 Å². The van der Waals surface area contributed by atoms with Gasteiger partial charge in [-0.15, -0.1) is 0 Å². The lowest BCUT2D eigenvalue weighted by Crippen LogP contribution is -2.26. The molecule has 1 amide bonds. The lowest BCUT2D eigenvalue weighted by atomic mass is 10.2. The zero-order chi connectivity index (χ0) is 20.7. The van der Waals surface area contributed by atoms with Crippen molar-refractivity contribution in [2.75, 3.05) is 6.54 Å². The van der Waals surface area contributed by atoms with E-state index in [1.165, 1.54) is 12.1 Å². The highest BCUT2D eigenvalue weighted by Crippen LogP contribution is 2.40. The van der Waals surface area contributed by atoms with Crippen molar-refractivity contribution >= 4 is 27.5 Å². The van der Waals surface area contributed by atoms with Crippen LogP contribution in [-0.2, 0) is 6.54 Å². The molecule has 1 N–H and O–H groups in total. The van der Waals surface area contributed by atoms with E-state index in [9.17, 15) is 13.6 Å². The number of rotatable bonds is 7. The molecule has 0 spiro atoms. The summed E-state index contributed by atoms with van der Waals surface area (Å²) in [5.74, 6) is -0.169. The number of nitrogens with zero attached hydrogens (tertiary/aromatic N) is 5. The van der Waals surface area contributed by atoms with Crippen LogP contribution in [0.3, 0.4) is 0 Å². The second-order valence-electron chi connectivity index (χ2n) is 7.30. The predicted octanol–water partition coefficient (Wildman–Crippen LogP) is 3.94. The van der Waals surface area contributed by atoms with Gasteiger partial charge in [-0.3, -0.25) is 9.48 Å². The van der Waals surface area contributed by atoms with Crippen LogP contribution in [0.1, 0.15) is 64.9 Å². The van der Waals surface area contributed by atoms with Crippen LogP contribution in [-0.4, -0.2) is 36.8 Å². The van der Waals surface area contributed by atoms with E-state index < -0.39 is 12.3 Å². The summed E-state index contributed by atoms with van der Waals surface area (Å²) in [5.41, 5.74) is 2.74. The number of hydrogen-bond acceptors (Lipinski definition) is 4. The van der Waals surface area contributed by atoms with Gasteiger partial charge >= 0.3 is 0 Å². The summed E-state index contributed by atoms with van der Waals surface area (Å²) in [7, 11) is 0. The molecular formula is C19H21BrF2N6O. The van der Waals surface area contributed by atoms with Crippen molar-refractivity contribution in [2.24, 2.45) is 0 Å². The van der Waals surface area contributed by atoms with Crippen LogP contribution >= 0.6 is 15.9 Å². The van der Waals surface area contributed by atoms with Gasteiger partial charge in [0.05, 0.1) is 10.2 Å². The fraction of sp³-hybridized carbons (Fsp3) is 0.474. The Morgan fingerprint density at radius 2 is 2.07 bits per heavy atom. The Bertz CT molecular complexity index is 1070. The quantitative estimate of drug-likeness (QED) is 0.535. The fourth-order valence-electron chi connectivity index (χ4n) is 3.29. The van der Waals surface area contributed by atoms with Gasteiger partial charge in [-0.05, 0) is 55.1 Å². The molecule has 0 radical (unpaired) electrons. The van der Waals surface area contributed by atoms with E-state index in [4.69, 9.17) is 0 Å². The number of aromatic nitrogens is 5. The molecule has 10 heteroatoms. The Morgan fingerprint density at radius 3 is 2.69 bits per heavy atom. The number of alkyl halides is 2. The first-order chi connectivity index (χ1) is 13.8. The fourth-order valence-corrected chi connectivity index (χ4v) is 3.57. The van der Waals surface area contributed by atoms with Crippen molar-refractivity contribution in [2.45, 2.75) is 52.0 Å². The second-order valence-corrected chi connectivity index (χ2v) is 8.09. The number of fused-ring (bicyclic) bond motifs is 1. The average Bonchev–Trinajstić information content (AvgIpc) is 3.41. The lowest BCUT2D eigenvalue weighted by molar-refractivity contribution is 0.0946. The van der Waals surface area contributed by atoms with Gasteiger partial charge in [0.1, 0.15) is 5.69 Å². The minimum absolute atomic E-state index is 0.0844. The highest BCUT2D eigenvalue weighted by atomic mass is 79.9. The standard InChI is InChI=1S/C19H21BrF2N6O/c1-10-17(20)11(2)27(25-10)7-3-6-23-19(29)14-9-16-24-13(12-4-5-12)8-15(18(21)22)28(16)26-14/h8-9,12,18H,3-7H2,1-2H3,(H,23,29). The summed E-state index contributed by atoms with van der Waals surface area (Å²) in [6, 6.07) is 2.86. The van der Waals surface area contributed by atoms with Gasteiger partial charge < -0.3 is 5.32 Å². The molecular weight excluding hydrogens is 446 g/mol. The number of hydrogen-bond donors (Lipinski definition) is 1. The van der Waals surface area contributed by atoms with Crippen LogP contribution in [0, 0.1) is 13.8 Å². The van der Waals surface area contributed by atoms with E-state index in [1.807, 2.05) is 18.5 Å². The molecule has 0 saturated heterocycles. The summed E-state index contributed by atoms with van der Waals surface area (Å²) in [5, 5.41) is 11.3. The van der Waals surface area contributed by atoms with Crippen LogP contribution in [0.4, 0.5) is 8.78 Å². The van der Waals surface area contributed by atoms with Crippen molar-refractivity contribution in [3.8, 4) is 0 Å². The summed E-state index contributed by atoms with van der Waals surface area (Å²) in [4.78, 5) is 16.8. The SMILES string of the molecule is Cc1nn(CCCNC(=O)c2cc3nc(C4CC4)cc(C(F)F)n3n2)c(C)c1Br. The maximum Gasteiger partial charge on any atom is 0.280 e. The highest BCUT2D eigenvalue weighted by molar-refractivity contribution is 9.10. The number of amides is 1. The monoisotopic (exact) mass is 466 g/mol. The van der Waals surface area contributed by atoms with Crippen LogP contribution in [0.15, 0.2) is 16.6 Å². The third kappa shape index (κ3) is 4.03. The average molecular weight is 467 g/mol. The van der Waals surface area contributed by atoms with Gasteiger partial charge in [-0.25, -0.2) is 18.3 Å². The van der Waals surface area contributed by atoms with E-state index in [0.29, 0.717) is 25.2 Å². The van der Waals surface area contributed by atoms with Crippen LogP contribution < -0.4 is 5.32 Å². The maximum atomic E-state index is 13.4. The molecule has 0 aromatic carbocycles. The summed E-state index contributed by atoms with van der Waals surface area (Å²) in [6.07, 6.45) is -0.0908. The molecule has 0 aliphatic heterocycles. The largest absolute Gasteiger partial charge is 0.351 e. The molecule has 1 aliphatic carbocycles. The number of nitrogens with one attached hydrogen (secondary N) is 1. The summed E-state index contributed by atoms with van der Waals surface area (Å²) in [6.45, 7) is 4.98. The van der Waals surface area contributed by atoms with Gasteiger partial charge in [0.15, 0.2) is 11.3 Å². The number of halogens is 3. The molecule has 154 valence electrons. The summed E-state index contributed by atoms with van der Waals surface area (Å²) < 4.78 is 30.8. The topological polar surface area (TPSA) is 77.1 Å². The number of carbonyl (C=O) groups is 1. The van der Waals surface area contributed by atoms with Crippen molar-refractivity contribution in [3.63, 3.8) is 0 Å². The zero-order valence-corrected chi connectivity index (χ0v) is 17.7. The zero-order valence-electron chi connectivity index (χ0n) is 16.1. The Kier molecular flexibility index (Phi) is 5.37. The van der Waals surface area contributed by atoms with Gasteiger partial charge in [0.2, 0.25) is 0 Å². The van der Waals surface area contributed by atoms with Crippen LogP contribution in [0.5, 0.6) is 0 Å². The highest BCUT2D eigenvalue weighted by Gasteiger charge is 2.28. The van der Waals surface area contributed by atoms with Gasteiger partial charge in [-0.2, -0.15) is 10.2 Å². The molecule has 0 unspecified atom stereocenters. The normalized spacial score (nSPS) is 14.1. The molecule has 3 aromatic heterocycles. The first-order valence-electron chi connectivity index (χ1n) is 9.51.